The van der Waals surface area contributed by atoms with Gasteiger partial charge in [-0.15, -0.1) is 0 Å². The molecule has 1 aromatic carbocycles. The summed E-state index contributed by atoms with van der Waals surface area (Å²) in [5, 5.41) is 0. The highest BCUT2D eigenvalue weighted by molar-refractivity contribution is 7.88. The summed E-state index contributed by atoms with van der Waals surface area (Å²) in [6.45, 7) is 0.598. The Morgan fingerprint density at radius 3 is 2.85 bits per heavy atom. The quantitative estimate of drug-likeness (QED) is 0.942. The molecule has 5 nitrogen and oxygen atoms in total. The number of aromatic nitrogens is 2. The summed E-state index contributed by atoms with van der Waals surface area (Å²) in [7, 11) is -3.18. The van der Waals surface area contributed by atoms with Gasteiger partial charge in [0.1, 0.15) is 0 Å². The van der Waals surface area contributed by atoms with Crippen molar-refractivity contribution in [2.24, 2.45) is 0 Å². The molecule has 0 radical (unpaired) electrons. The van der Waals surface area contributed by atoms with Gasteiger partial charge in [0.25, 0.3) is 0 Å². The molecule has 2 aromatic rings. The van der Waals surface area contributed by atoms with Crippen molar-refractivity contribution in [3.05, 3.63) is 42.4 Å². The van der Waals surface area contributed by atoms with Crippen LogP contribution >= 0.6 is 0 Å². The lowest BCUT2D eigenvalue weighted by Crippen LogP contribution is -2.29. The average molecular weight is 291 g/mol. The zero-order valence-corrected chi connectivity index (χ0v) is 12.1. The van der Waals surface area contributed by atoms with Crippen LogP contribution in [0.5, 0.6) is 0 Å². The Labute approximate surface area is 118 Å². The number of H-pyrrole nitrogens is 1. The van der Waals surface area contributed by atoms with Gasteiger partial charge < -0.3 is 4.98 Å². The molecule has 0 spiro atoms. The second-order valence-corrected chi connectivity index (χ2v) is 7.02. The maximum absolute atomic E-state index is 11.9. The predicted molar refractivity (Wildman–Crippen MR) is 77.5 cm³/mol. The molecule has 0 saturated carbocycles. The van der Waals surface area contributed by atoms with Crippen molar-refractivity contribution < 1.29 is 8.42 Å². The van der Waals surface area contributed by atoms with Crippen LogP contribution in [-0.4, -0.2) is 35.5 Å². The Balaban J connectivity index is 2.07. The van der Waals surface area contributed by atoms with Gasteiger partial charge in [-0.05, 0) is 18.4 Å². The minimum absolute atomic E-state index is 0.0792. The van der Waals surface area contributed by atoms with Crippen LogP contribution in [0.1, 0.15) is 24.4 Å². The van der Waals surface area contributed by atoms with Gasteiger partial charge in [-0.3, -0.25) is 0 Å². The normalized spacial score (nSPS) is 20.4. The maximum Gasteiger partial charge on any atom is 0.211 e. The smallest absolute Gasteiger partial charge is 0.211 e. The molecule has 1 aliphatic heterocycles. The molecule has 1 aromatic heterocycles. The summed E-state index contributed by atoms with van der Waals surface area (Å²) in [5.41, 5.74) is 2.98. The number of aromatic amines is 1. The van der Waals surface area contributed by atoms with Gasteiger partial charge in [0.15, 0.2) is 0 Å². The van der Waals surface area contributed by atoms with Crippen LogP contribution in [0.4, 0.5) is 0 Å². The minimum Gasteiger partial charge on any atom is -0.345 e. The molecule has 106 valence electrons. The monoisotopic (exact) mass is 291 g/mol. The molecule has 0 aliphatic carbocycles. The first-order valence-corrected chi connectivity index (χ1v) is 8.46. The van der Waals surface area contributed by atoms with E-state index in [4.69, 9.17) is 0 Å². The second-order valence-electron chi connectivity index (χ2n) is 5.08. The van der Waals surface area contributed by atoms with E-state index < -0.39 is 10.0 Å². The second kappa shape index (κ2) is 5.03. The van der Waals surface area contributed by atoms with E-state index in [0.29, 0.717) is 6.54 Å². The number of rotatable bonds is 3. The number of hydrogen-bond donors (Lipinski definition) is 1. The summed E-state index contributed by atoms with van der Waals surface area (Å²) >= 11 is 0. The highest BCUT2D eigenvalue weighted by Gasteiger charge is 2.33. The molecule has 1 unspecified atom stereocenters. The molecule has 1 N–H and O–H groups in total. The minimum atomic E-state index is -3.18. The lowest BCUT2D eigenvalue weighted by molar-refractivity contribution is 0.401. The van der Waals surface area contributed by atoms with Crippen LogP contribution in [-0.2, 0) is 10.0 Å². The highest BCUT2D eigenvalue weighted by Crippen LogP contribution is 2.38. The van der Waals surface area contributed by atoms with E-state index in [1.54, 1.807) is 16.8 Å². The Hall–Kier alpha value is -1.66. The van der Waals surface area contributed by atoms with E-state index in [2.05, 4.69) is 9.97 Å². The summed E-state index contributed by atoms with van der Waals surface area (Å²) in [6, 6.07) is 7.84. The van der Waals surface area contributed by atoms with E-state index in [1.165, 1.54) is 6.26 Å². The van der Waals surface area contributed by atoms with Gasteiger partial charge in [0.2, 0.25) is 10.0 Å². The first-order chi connectivity index (χ1) is 9.57. The summed E-state index contributed by atoms with van der Waals surface area (Å²) in [6.07, 6.45) is 6.44. The first-order valence-electron chi connectivity index (χ1n) is 6.62. The summed E-state index contributed by atoms with van der Waals surface area (Å²) in [5.74, 6) is 0. The summed E-state index contributed by atoms with van der Waals surface area (Å²) < 4.78 is 25.4. The highest BCUT2D eigenvalue weighted by atomic mass is 32.2. The number of nitrogens with zero attached hydrogens (tertiary/aromatic N) is 2. The van der Waals surface area contributed by atoms with Gasteiger partial charge in [-0.1, -0.05) is 24.3 Å². The maximum atomic E-state index is 11.9. The number of benzene rings is 1. The molecule has 0 bridgehead atoms. The molecule has 20 heavy (non-hydrogen) atoms. The third-order valence-electron chi connectivity index (χ3n) is 3.74. The molecular weight excluding hydrogens is 274 g/mol. The van der Waals surface area contributed by atoms with Crippen molar-refractivity contribution in [3.8, 4) is 11.3 Å². The summed E-state index contributed by atoms with van der Waals surface area (Å²) in [4.78, 5) is 7.14. The van der Waals surface area contributed by atoms with Crippen LogP contribution in [0.3, 0.4) is 0 Å². The van der Waals surface area contributed by atoms with Gasteiger partial charge in [0, 0.05) is 12.1 Å². The predicted octanol–water partition coefficient (Wildman–Crippen LogP) is 2.17. The van der Waals surface area contributed by atoms with Crippen molar-refractivity contribution in [1.29, 1.82) is 0 Å². The lowest BCUT2D eigenvalue weighted by atomic mass is 9.97. The van der Waals surface area contributed by atoms with Crippen LogP contribution in [0, 0.1) is 0 Å². The van der Waals surface area contributed by atoms with Crippen LogP contribution in [0.25, 0.3) is 11.3 Å². The number of sulfonamides is 1. The fourth-order valence-electron chi connectivity index (χ4n) is 2.88. The van der Waals surface area contributed by atoms with Gasteiger partial charge in [-0.25, -0.2) is 13.4 Å². The Morgan fingerprint density at radius 1 is 1.35 bits per heavy atom. The van der Waals surface area contributed by atoms with Crippen molar-refractivity contribution in [3.63, 3.8) is 0 Å². The topological polar surface area (TPSA) is 66.1 Å². The molecule has 1 atom stereocenters. The molecule has 2 heterocycles. The molecule has 1 fully saturated rings. The van der Waals surface area contributed by atoms with E-state index in [0.717, 1.165) is 29.7 Å². The third-order valence-corrected chi connectivity index (χ3v) is 5.03. The first kappa shape index (κ1) is 13.3. The van der Waals surface area contributed by atoms with E-state index >= 15 is 0 Å². The van der Waals surface area contributed by atoms with Crippen molar-refractivity contribution >= 4 is 10.0 Å². The van der Waals surface area contributed by atoms with Crippen LogP contribution in [0.2, 0.25) is 0 Å². The molecule has 3 rings (SSSR count). The van der Waals surface area contributed by atoms with Crippen molar-refractivity contribution in [1.82, 2.24) is 14.3 Å². The van der Waals surface area contributed by atoms with Gasteiger partial charge in [-0.2, -0.15) is 4.31 Å². The zero-order chi connectivity index (χ0) is 14.2. The number of nitrogens with one attached hydrogen (secondary N) is 1. The molecule has 1 saturated heterocycles. The van der Waals surface area contributed by atoms with Crippen LogP contribution in [0.15, 0.2) is 36.8 Å². The van der Waals surface area contributed by atoms with Gasteiger partial charge in [0.05, 0.1) is 30.5 Å². The number of hydrogen-bond acceptors (Lipinski definition) is 3. The largest absolute Gasteiger partial charge is 0.345 e. The Bertz CT molecular complexity index is 695. The number of imidazole rings is 1. The van der Waals surface area contributed by atoms with E-state index in [-0.39, 0.29) is 6.04 Å². The van der Waals surface area contributed by atoms with E-state index in [1.807, 2.05) is 24.3 Å². The van der Waals surface area contributed by atoms with Crippen molar-refractivity contribution in [2.75, 3.05) is 12.8 Å². The Kier molecular flexibility index (Phi) is 3.35. The fraction of sp³-hybridized carbons (Fsp3) is 0.357. The standard InChI is InChI=1S/C14H17N3O2S/c1-20(18,19)17-8-4-7-14(17)12-6-3-2-5-11(12)13-9-15-10-16-13/h2-3,5-6,9-10,14H,4,7-8H2,1H3,(H,15,16). The Morgan fingerprint density at radius 2 is 2.15 bits per heavy atom. The molecule has 0 amide bonds. The molecule has 6 heteroatoms. The third kappa shape index (κ3) is 2.36. The van der Waals surface area contributed by atoms with E-state index in [9.17, 15) is 8.42 Å². The van der Waals surface area contributed by atoms with Gasteiger partial charge >= 0.3 is 0 Å². The van der Waals surface area contributed by atoms with Crippen LogP contribution < -0.4 is 0 Å². The van der Waals surface area contributed by atoms with Crippen molar-refractivity contribution in [2.45, 2.75) is 18.9 Å². The zero-order valence-electron chi connectivity index (χ0n) is 11.3. The fourth-order valence-corrected chi connectivity index (χ4v) is 4.03. The molecular formula is C14H17N3O2S. The molecule has 1 aliphatic rings. The lowest BCUT2D eigenvalue weighted by Gasteiger charge is -2.24. The SMILES string of the molecule is CS(=O)(=O)N1CCCC1c1ccccc1-c1cnc[nH]1. The average Bonchev–Trinajstić information content (AvgIpc) is 3.09.